The van der Waals surface area contributed by atoms with E-state index in [1.807, 2.05) is 0 Å². The highest BCUT2D eigenvalue weighted by Crippen LogP contribution is 2.40. The highest BCUT2D eigenvalue weighted by Gasteiger charge is 2.18. The summed E-state index contributed by atoms with van der Waals surface area (Å²) in [6.45, 7) is 8.75. The first kappa shape index (κ1) is 37.4. The molecule has 0 unspecified atom stereocenters. The number of fused-ring (bicyclic) bond motifs is 9. The van der Waals surface area contributed by atoms with Gasteiger partial charge in [-0.3, -0.25) is 0 Å². The monoisotopic (exact) mass is 798 g/mol. The van der Waals surface area contributed by atoms with E-state index in [0.29, 0.717) is 5.41 Å². The third kappa shape index (κ3) is 6.63. The van der Waals surface area contributed by atoms with Gasteiger partial charge in [0.15, 0.2) is 0 Å². The molecule has 0 saturated heterocycles. The zero-order valence-electron chi connectivity index (χ0n) is 35.4. The molecule has 0 aliphatic carbocycles. The molecular formula is C59H46N2O. The average Bonchev–Trinajstić information content (AvgIpc) is 3.96. The van der Waals surface area contributed by atoms with Crippen LogP contribution in [0.25, 0.3) is 110 Å². The van der Waals surface area contributed by atoms with Crippen molar-refractivity contribution in [3.05, 3.63) is 206 Å². The van der Waals surface area contributed by atoms with Crippen LogP contribution in [0.3, 0.4) is 0 Å². The fourth-order valence-corrected chi connectivity index (χ4v) is 9.05. The fourth-order valence-electron chi connectivity index (χ4n) is 9.05. The molecule has 298 valence electrons. The van der Waals surface area contributed by atoms with Gasteiger partial charge >= 0.3 is 0 Å². The molecule has 9 aromatic carbocycles. The van der Waals surface area contributed by atoms with E-state index in [1.165, 1.54) is 77.0 Å². The van der Waals surface area contributed by atoms with Gasteiger partial charge in [0.05, 0.1) is 22.1 Å². The summed E-state index contributed by atoms with van der Waals surface area (Å²) in [6, 6.07) is 74.6. The van der Waals surface area contributed by atoms with Crippen molar-refractivity contribution < 1.29 is 4.42 Å². The number of nitrogens with zero attached hydrogens (tertiary/aromatic N) is 2. The highest BCUT2D eigenvalue weighted by molar-refractivity contribution is 6.12. The molecule has 0 N–H and O–H groups in total. The summed E-state index contributed by atoms with van der Waals surface area (Å²) in [7, 11) is 0. The molecule has 0 aliphatic rings. The van der Waals surface area contributed by atoms with E-state index in [0.717, 1.165) is 33.3 Å². The molecule has 0 amide bonds. The Kier molecular flexibility index (Phi) is 8.94. The molecule has 0 bridgehead atoms. The Balaban J connectivity index is 0.000000820. The number of benzene rings is 9. The average molecular weight is 799 g/mol. The van der Waals surface area contributed by atoms with Crippen molar-refractivity contribution >= 4 is 65.6 Å². The van der Waals surface area contributed by atoms with Crippen LogP contribution in [0.2, 0.25) is 0 Å². The molecule has 0 radical (unpaired) electrons. The summed E-state index contributed by atoms with van der Waals surface area (Å²) < 4.78 is 11.2. The van der Waals surface area contributed by atoms with Crippen molar-refractivity contribution in [2.24, 2.45) is 5.41 Å². The molecule has 12 aromatic rings. The topological polar surface area (TPSA) is 23.0 Å². The Hall–Kier alpha value is -7.62. The van der Waals surface area contributed by atoms with Crippen molar-refractivity contribution in [3.63, 3.8) is 0 Å². The molecule has 0 atom stereocenters. The minimum absolute atomic E-state index is 0.500. The van der Waals surface area contributed by atoms with E-state index >= 15 is 0 Å². The first-order valence-corrected chi connectivity index (χ1v) is 21.5. The fraction of sp³-hybridized carbons (Fsp3) is 0.0847. The van der Waals surface area contributed by atoms with Crippen LogP contribution in [0.5, 0.6) is 0 Å². The summed E-state index contributed by atoms with van der Waals surface area (Å²) in [6.07, 6.45) is 0. The summed E-state index contributed by atoms with van der Waals surface area (Å²) in [5, 5.41) is 7.18. The van der Waals surface area contributed by atoms with Gasteiger partial charge in [-0.1, -0.05) is 155 Å². The van der Waals surface area contributed by atoms with E-state index in [9.17, 15) is 0 Å². The zero-order chi connectivity index (χ0) is 42.0. The lowest BCUT2D eigenvalue weighted by molar-refractivity contribution is 0.469. The zero-order valence-corrected chi connectivity index (χ0v) is 35.4. The molecule has 0 fully saturated rings. The second kappa shape index (κ2) is 14.8. The Labute approximate surface area is 361 Å². The van der Waals surface area contributed by atoms with Crippen molar-refractivity contribution in [2.75, 3.05) is 0 Å². The number of furan rings is 1. The maximum absolute atomic E-state index is 6.37. The molecule has 0 saturated carbocycles. The highest BCUT2D eigenvalue weighted by atomic mass is 16.3. The van der Waals surface area contributed by atoms with Crippen LogP contribution in [0.4, 0.5) is 0 Å². The van der Waals surface area contributed by atoms with Crippen molar-refractivity contribution in [1.29, 1.82) is 0 Å². The lowest BCUT2D eigenvalue weighted by Crippen LogP contribution is -1.96. The quantitative estimate of drug-likeness (QED) is 0.170. The van der Waals surface area contributed by atoms with E-state index in [4.69, 9.17) is 4.42 Å². The van der Waals surface area contributed by atoms with Gasteiger partial charge in [-0.25, -0.2) is 0 Å². The normalized spacial score (nSPS) is 11.9. The van der Waals surface area contributed by atoms with Crippen LogP contribution in [0.1, 0.15) is 27.7 Å². The minimum Gasteiger partial charge on any atom is -0.456 e. The standard InChI is InChI=1S/C54H34N2O.C5H12/c1-3-13-35(14-4-1)37-24-27-53-47(33-37)48-34-41(25-28-54(48)57-53)55-51-22-12-9-19-45(51)46-32-38(23-26-52(46)55)40-29-39(36-15-5-2-6-16-36)30-42(31-40)56-49-20-10-7-17-43(49)44-18-8-11-21-50(44)56;1-5(2,3)4/h1-34H;1-4H3. The van der Waals surface area contributed by atoms with Gasteiger partial charge in [0.2, 0.25) is 0 Å². The summed E-state index contributed by atoms with van der Waals surface area (Å²) in [5.74, 6) is 0. The summed E-state index contributed by atoms with van der Waals surface area (Å²) >= 11 is 0. The van der Waals surface area contributed by atoms with Crippen molar-refractivity contribution in [3.8, 4) is 44.8 Å². The Bertz CT molecular complexity index is 3560. The van der Waals surface area contributed by atoms with Gasteiger partial charge in [-0.15, -0.1) is 0 Å². The van der Waals surface area contributed by atoms with Crippen LogP contribution in [-0.2, 0) is 0 Å². The van der Waals surface area contributed by atoms with Gasteiger partial charge in [0, 0.05) is 43.7 Å². The van der Waals surface area contributed by atoms with Crippen LogP contribution < -0.4 is 0 Å². The van der Waals surface area contributed by atoms with Crippen molar-refractivity contribution in [2.45, 2.75) is 27.7 Å². The van der Waals surface area contributed by atoms with Crippen molar-refractivity contribution in [1.82, 2.24) is 9.13 Å². The van der Waals surface area contributed by atoms with E-state index in [2.05, 4.69) is 243 Å². The van der Waals surface area contributed by atoms with Crippen LogP contribution >= 0.6 is 0 Å². The first-order valence-electron chi connectivity index (χ1n) is 21.5. The number of hydrogen-bond acceptors (Lipinski definition) is 1. The largest absolute Gasteiger partial charge is 0.456 e. The number of aromatic nitrogens is 2. The molecular weight excluding hydrogens is 753 g/mol. The molecule has 12 rings (SSSR count). The Morgan fingerprint density at radius 3 is 1.29 bits per heavy atom. The smallest absolute Gasteiger partial charge is 0.135 e. The SMILES string of the molecule is CC(C)(C)C.c1ccc(-c2cc(-c3ccc4c(c3)c3ccccc3n4-c3ccc4oc5ccc(-c6ccccc6)cc5c4c3)cc(-n3c4ccccc4c4ccccc43)c2)cc1. The summed E-state index contributed by atoms with van der Waals surface area (Å²) in [4.78, 5) is 0. The lowest BCUT2D eigenvalue weighted by Gasteiger charge is -2.14. The first-order chi connectivity index (χ1) is 30.2. The van der Waals surface area contributed by atoms with E-state index < -0.39 is 0 Å². The van der Waals surface area contributed by atoms with Crippen LogP contribution in [0, 0.1) is 5.41 Å². The third-order valence-corrected chi connectivity index (χ3v) is 11.7. The maximum atomic E-state index is 6.37. The van der Waals surface area contributed by atoms with E-state index in [-0.39, 0.29) is 0 Å². The molecule has 3 heteroatoms. The summed E-state index contributed by atoms with van der Waals surface area (Å²) in [5.41, 5.74) is 16.4. The van der Waals surface area contributed by atoms with Crippen LogP contribution in [-0.4, -0.2) is 9.13 Å². The van der Waals surface area contributed by atoms with Gasteiger partial charge in [0.1, 0.15) is 11.2 Å². The molecule has 62 heavy (non-hydrogen) atoms. The minimum atomic E-state index is 0.500. The van der Waals surface area contributed by atoms with Gasteiger partial charge in [-0.2, -0.15) is 0 Å². The van der Waals surface area contributed by atoms with E-state index in [1.54, 1.807) is 0 Å². The molecule has 0 spiro atoms. The van der Waals surface area contributed by atoms with Crippen LogP contribution in [0.15, 0.2) is 211 Å². The predicted octanol–water partition coefficient (Wildman–Crippen LogP) is 16.8. The van der Waals surface area contributed by atoms with Gasteiger partial charge in [0.25, 0.3) is 0 Å². The number of rotatable bonds is 5. The number of hydrogen-bond donors (Lipinski definition) is 0. The molecule has 0 aliphatic heterocycles. The lowest BCUT2D eigenvalue weighted by atomic mass is 9.96. The molecule has 3 aromatic heterocycles. The third-order valence-electron chi connectivity index (χ3n) is 11.7. The maximum Gasteiger partial charge on any atom is 0.135 e. The molecule has 3 nitrogen and oxygen atoms in total. The Morgan fingerprint density at radius 2 is 0.694 bits per heavy atom. The van der Waals surface area contributed by atoms with Gasteiger partial charge in [-0.05, 0) is 118 Å². The second-order valence-electron chi connectivity index (χ2n) is 17.9. The predicted molar refractivity (Wildman–Crippen MR) is 264 cm³/mol. The van der Waals surface area contributed by atoms with Gasteiger partial charge < -0.3 is 13.6 Å². The Morgan fingerprint density at radius 1 is 0.290 bits per heavy atom. The number of para-hydroxylation sites is 3. The molecule has 3 heterocycles. The second-order valence-corrected chi connectivity index (χ2v) is 17.9.